The molecule has 0 aromatic heterocycles. The molecule has 0 radical (unpaired) electrons. The standard InChI is InChI=1S/C15H22O/c1-3-13(12-8-4-5-9-12)14-10-6-7-11-15(14)16-2/h6-7,10-13H,3-5,8-9H2,1-2H3/t13-/m0/s1. The lowest BCUT2D eigenvalue weighted by Crippen LogP contribution is -2.10. The second kappa shape index (κ2) is 5.38. The minimum absolute atomic E-state index is 0.693. The van der Waals surface area contributed by atoms with Crippen molar-refractivity contribution in [2.24, 2.45) is 5.92 Å². The van der Waals surface area contributed by atoms with Gasteiger partial charge in [0.15, 0.2) is 0 Å². The molecule has 0 saturated heterocycles. The van der Waals surface area contributed by atoms with Crippen molar-refractivity contribution >= 4 is 0 Å². The Bertz CT molecular complexity index is 326. The van der Waals surface area contributed by atoms with Crippen molar-refractivity contribution < 1.29 is 4.74 Å². The zero-order valence-electron chi connectivity index (χ0n) is 10.4. The van der Waals surface area contributed by atoms with E-state index in [1.165, 1.54) is 37.7 Å². The molecule has 0 spiro atoms. The van der Waals surface area contributed by atoms with Gasteiger partial charge in [0, 0.05) is 0 Å². The van der Waals surface area contributed by atoms with Crippen LogP contribution in [-0.2, 0) is 0 Å². The smallest absolute Gasteiger partial charge is 0.122 e. The summed E-state index contributed by atoms with van der Waals surface area (Å²) < 4.78 is 5.49. The van der Waals surface area contributed by atoms with Crippen LogP contribution in [0.4, 0.5) is 0 Å². The van der Waals surface area contributed by atoms with Gasteiger partial charge in [-0.15, -0.1) is 0 Å². The molecule has 1 saturated carbocycles. The van der Waals surface area contributed by atoms with Crippen molar-refractivity contribution in [3.8, 4) is 5.75 Å². The van der Waals surface area contributed by atoms with Gasteiger partial charge in [0.1, 0.15) is 5.75 Å². The maximum absolute atomic E-state index is 5.49. The highest BCUT2D eigenvalue weighted by Crippen LogP contribution is 2.42. The molecule has 0 unspecified atom stereocenters. The summed E-state index contributed by atoms with van der Waals surface area (Å²) in [7, 11) is 1.78. The zero-order valence-corrected chi connectivity index (χ0v) is 10.4. The van der Waals surface area contributed by atoms with Crippen LogP contribution in [0.5, 0.6) is 5.75 Å². The molecule has 0 bridgehead atoms. The van der Waals surface area contributed by atoms with Crippen molar-refractivity contribution in [2.75, 3.05) is 7.11 Å². The molecule has 0 amide bonds. The molecular formula is C15H22O. The van der Waals surface area contributed by atoms with E-state index in [9.17, 15) is 0 Å². The number of benzene rings is 1. The third-order valence-electron chi connectivity index (χ3n) is 3.95. The molecule has 1 fully saturated rings. The van der Waals surface area contributed by atoms with Crippen LogP contribution in [-0.4, -0.2) is 7.11 Å². The fourth-order valence-corrected chi connectivity index (χ4v) is 3.14. The van der Waals surface area contributed by atoms with Gasteiger partial charge in [0.05, 0.1) is 7.11 Å². The van der Waals surface area contributed by atoms with Crippen LogP contribution in [0.1, 0.15) is 50.5 Å². The molecule has 0 heterocycles. The Morgan fingerprint density at radius 3 is 2.56 bits per heavy atom. The fraction of sp³-hybridized carbons (Fsp3) is 0.600. The Labute approximate surface area is 98.8 Å². The maximum Gasteiger partial charge on any atom is 0.122 e. The van der Waals surface area contributed by atoms with Gasteiger partial charge in [-0.3, -0.25) is 0 Å². The second-order valence-corrected chi connectivity index (χ2v) is 4.80. The first-order valence-corrected chi connectivity index (χ1v) is 6.49. The van der Waals surface area contributed by atoms with Crippen molar-refractivity contribution in [2.45, 2.75) is 44.9 Å². The number of methoxy groups -OCH3 is 1. The summed E-state index contributed by atoms with van der Waals surface area (Å²) in [6.45, 7) is 2.30. The summed E-state index contributed by atoms with van der Waals surface area (Å²) in [5.74, 6) is 2.64. The van der Waals surface area contributed by atoms with Crippen LogP contribution in [0.2, 0.25) is 0 Å². The summed E-state index contributed by atoms with van der Waals surface area (Å²) in [6, 6.07) is 8.53. The minimum Gasteiger partial charge on any atom is -0.496 e. The third kappa shape index (κ3) is 2.23. The van der Waals surface area contributed by atoms with E-state index in [2.05, 4.69) is 31.2 Å². The Hall–Kier alpha value is -0.980. The van der Waals surface area contributed by atoms with E-state index in [0.29, 0.717) is 5.92 Å². The van der Waals surface area contributed by atoms with Crippen LogP contribution in [0.3, 0.4) is 0 Å². The molecule has 1 aromatic carbocycles. The summed E-state index contributed by atoms with van der Waals surface area (Å²) in [4.78, 5) is 0. The molecule has 1 heteroatoms. The molecule has 1 atom stereocenters. The quantitative estimate of drug-likeness (QED) is 0.728. The molecule has 1 aliphatic rings. The average molecular weight is 218 g/mol. The number of rotatable bonds is 4. The fourth-order valence-electron chi connectivity index (χ4n) is 3.14. The second-order valence-electron chi connectivity index (χ2n) is 4.80. The van der Waals surface area contributed by atoms with Crippen molar-refractivity contribution in [3.63, 3.8) is 0 Å². The van der Waals surface area contributed by atoms with E-state index in [-0.39, 0.29) is 0 Å². The number of hydrogen-bond acceptors (Lipinski definition) is 1. The third-order valence-corrected chi connectivity index (χ3v) is 3.95. The van der Waals surface area contributed by atoms with Gasteiger partial charge < -0.3 is 4.74 Å². The molecule has 16 heavy (non-hydrogen) atoms. The molecule has 88 valence electrons. The van der Waals surface area contributed by atoms with Crippen molar-refractivity contribution in [3.05, 3.63) is 29.8 Å². The first-order valence-electron chi connectivity index (χ1n) is 6.49. The van der Waals surface area contributed by atoms with Gasteiger partial charge in [-0.2, -0.15) is 0 Å². The van der Waals surface area contributed by atoms with Crippen LogP contribution in [0, 0.1) is 5.92 Å². The molecule has 1 aliphatic carbocycles. The number of ether oxygens (including phenoxy) is 1. The Balaban J connectivity index is 2.24. The number of hydrogen-bond donors (Lipinski definition) is 0. The molecule has 1 nitrogen and oxygen atoms in total. The predicted octanol–water partition coefficient (Wildman–Crippen LogP) is 4.38. The SMILES string of the molecule is CC[C@H](c1ccccc1OC)C1CCCC1. The van der Waals surface area contributed by atoms with E-state index in [1.54, 1.807) is 7.11 Å². The van der Waals surface area contributed by atoms with Gasteiger partial charge in [-0.05, 0) is 42.7 Å². The summed E-state index contributed by atoms with van der Waals surface area (Å²) in [5, 5.41) is 0. The first kappa shape index (κ1) is 11.5. The van der Waals surface area contributed by atoms with Crippen molar-refractivity contribution in [1.29, 1.82) is 0 Å². The zero-order chi connectivity index (χ0) is 11.4. The summed E-state index contributed by atoms with van der Waals surface area (Å²) in [5.41, 5.74) is 1.42. The molecule has 0 aliphatic heterocycles. The Morgan fingerprint density at radius 1 is 1.25 bits per heavy atom. The van der Waals surface area contributed by atoms with E-state index in [1.807, 2.05) is 0 Å². The van der Waals surface area contributed by atoms with Crippen LogP contribution in [0.25, 0.3) is 0 Å². The largest absolute Gasteiger partial charge is 0.496 e. The van der Waals surface area contributed by atoms with E-state index < -0.39 is 0 Å². The van der Waals surface area contributed by atoms with Gasteiger partial charge in [-0.1, -0.05) is 38.0 Å². The lowest BCUT2D eigenvalue weighted by molar-refractivity contribution is 0.377. The Morgan fingerprint density at radius 2 is 1.94 bits per heavy atom. The van der Waals surface area contributed by atoms with Crippen molar-refractivity contribution in [1.82, 2.24) is 0 Å². The first-order chi connectivity index (χ1) is 7.86. The minimum atomic E-state index is 0.693. The van der Waals surface area contributed by atoms with Crippen LogP contribution in [0.15, 0.2) is 24.3 Å². The highest BCUT2D eigenvalue weighted by Gasteiger charge is 2.26. The van der Waals surface area contributed by atoms with E-state index in [0.717, 1.165) is 11.7 Å². The maximum atomic E-state index is 5.49. The monoisotopic (exact) mass is 218 g/mol. The van der Waals surface area contributed by atoms with Gasteiger partial charge in [0.25, 0.3) is 0 Å². The van der Waals surface area contributed by atoms with Gasteiger partial charge in [0.2, 0.25) is 0 Å². The Kier molecular flexibility index (Phi) is 3.87. The average Bonchev–Trinajstić information content (AvgIpc) is 2.84. The normalized spacial score (nSPS) is 18.6. The highest BCUT2D eigenvalue weighted by atomic mass is 16.5. The van der Waals surface area contributed by atoms with E-state index in [4.69, 9.17) is 4.74 Å². The number of para-hydroxylation sites is 1. The molecular weight excluding hydrogens is 196 g/mol. The van der Waals surface area contributed by atoms with Gasteiger partial charge >= 0.3 is 0 Å². The molecule has 0 N–H and O–H groups in total. The molecule has 1 aromatic rings. The topological polar surface area (TPSA) is 9.23 Å². The summed E-state index contributed by atoms with van der Waals surface area (Å²) >= 11 is 0. The van der Waals surface area contributed by atoms with Crippen LogP contribution >= 0.6 is 0 Å². The highest BCUT2D eigenvalue weighted by molar-refractivity contribution is 5.36. The van der Waals surface area contributed by atoms with Crippen LogP contribution < -0.4 is 4.74 Å². The van der Waals surface area contributed by atoms with Gasteiger partial charge in [-0.25, -0.2) is 0 Å². The molecule has 2 rings (SSSR count). The lowest BCUT2D eigenvalue weighted by Gasteiger charge is -2.24. The lowest BCUT2D eigenvalue weighted by atomic mass is 9.82. The van der Waals surface area contributed by atoms with E-state index >= 15 is 0 Å². The summed E-state index contributed by atoms with van der Waals surface area (Å²) in [6.07, 6.45) is 6.85. The predicted molar refractivity (Wildman–Crippen MR) is 68.0 cm³/mol.